The van der Waals surface area contributed by atoms with Gasteiger partial charge in [-0.2, -0.15) is 0 Å². The van der Waals surface area contributed by atoms with E-state index in [0.29, 0.717) is 5.92 Å². The lowest BCUT2D eigenvalue weighted by Gasteiger charge is -2.17. The maximum atomic E-state index is 11.2. The molecule has 60 valence electrons. The van der Waals surface area contributed by atoms with Crippen LogP contribution in [-0.4, -0.2) is 12.1 Å². The molecule has 1 fully saturated rings. The molecule has 0 aromatic rings. The van der Waals surface area contributed by atoms with Gasteiger partial charge in [0, 0.05) is 5.92 Å². The van der Waals surface area contributed by atoms with Gasteiger partial charge in [-0.1, -0.05) is 12.2 Å². The lowest BCUT2D eigenvalue weighted by Crippen LogP contribution is -2.19. The van der Waals surface area contributed by atoms with E-state index in [1.807, 2.05) is 6.92 Å². The molecule has 0 spiro atoms. The zero-order valence-corrected chi connectivity index (χ0v) is 6.62. The summed E-state index contributed by atoms with van der Waals surface area (Å²) in [6.45, 7) is 1.97. The van der Waals surface area contributed by atoms with Crippen LogP contribution in [0.2, 0.25) is 0 Å². The Morgan fingerprint density at radius 2 is 2.45 bits per heavy atom. The summed E-state index contributed by atoms with van der Waals surface area (Å²) in [6, 6.07) is 0. The summed E-state index contributed by atoms with van der Waals surface area (Å²) in [5.41, 5.74) is 0. The predicted octanol–water partition coefficient (Wildman–Crippen LogP) is 1.51. The number of allylic oxidation sites excluding steroid dienone is 1. The molecule has 1 heterocycles. The minimum absolute atomic E-state index is 0.00634. The lowest BCUT2D eigenvalue weighted by molar-refractivity contribution is -0.143. The largest absolute Gasteiger partial charge is 0.462 e. The van der Waals surface area contributed by atoms with E-state index in [-0.39, 0.29) is 18.0 Å². The number of fused-ring (bicyclic) bond motifs is 1. The van der Waals surface area contributed by atoms with E-state index in [9.17, 15) is 4.79 Å². The van der Waals surface area contributed by atoms with E-state index in [1.165, 1.54) is 0 Å². The summed E-state index contributed by atoms with van der Waals surface area (Å²) in [5.74, 6) is 0.526. The van der Waals surface area contributed by atoms with Crippen molar-refractivity contribution in [2.24, 2.45) is 11.8 Å². The number of rotatable bonds is 0. The van der Waals surface area contributed by atoms with Crippen molar-refractivity contribution >= 4 is 5.97 Å². The van der Waals surface area contributed by atoms with Crippen LogP contribution in [-0.2, 0) is 9.53 Å². The smallest absolute Gasteiger partial charge is 0.309 e. The Bertz CT molecular complexity index is 208. The highest BCUT2D eigenvalue weighted by atomic mass is 16.6. The van der Waals surface area contributed by atoms with Crippen LogP contribution in [0.15, 0.2) is 12.2 Å². The number of cyclic esters (lactones) is 1. The first-order chi connectivity index (χ1) is 5.29. The maximum absolute atomic E-state index is 11.2. The first-order valence-corrected chi connectivity index (χ1v) is 4.16. The Morgan fingerprint density at radius 3 is 3.18 bits per heavy atom. The average molecular weight is 152 g/mol. The molecule has 2 nitrogen and oxygen atoms in total. The Kier molecular flexibility index (Phi) is 1.48. The highest BCUT2D eigenvalue weighted by Gasteiger charge is 2.41. The molecule has 0 radical (unpaired) electrons. The standard InChI is InChI=1S/C9H12O2/c1-6-7-4-2-3-5-8(7)9(10)11-6/h2,4,6-8H,3,5H2,1H3/t6-,7+,8+/m0/s1. The van der Waals surface area contributed by atoms with Gasteiger partial charge in [-0.3, -0.25) is 4.79 Å². The molecule has 1 saturated heterocycles. The van der Waals surface area contributed by atoms with E-state index in [0.717, 1.165) is 12.8 Å². The van der Waals surface area contributed by atoms with Crippen LogP contribution in [0.3, 0.4) is 0 Å². The van der Waals surface area contributed by atoms with Gasteiger partial charge in [-0.15, -0.1) is 0 Å². The van der Waals surface area contributed by atoms with Gasteiger partial charge in [0.15, 0.2) is 0 Å². The van der Waals surface area contributed by atoms with E-state index < -0.39 is 0 Å². The van der Waals surface area contributed by atoms with Gasteiger partial charge in [0.2, 0.25) is 0 Å². The third-order valence-electron chi connectivity index (χ3n) is 2.61. The van der Waals surface area contributed by atoms with Crippen molar-refractivity contribution in [3.8, 4) is 0 Å². The van der Waals surface area contributed by atoms with E-state index in [4.69, 9.17) is 4.74 Å². The first-order valence-electron chi connectivity index (χ1n) is 4.16. The molecule has 2 heteroatoms. The van der Waals surface area contributed by atoms with Crippen molar-refractivity contribution in [3.63, 3.8) is 0 Å². The molecular weight excluding hydrogens is 140 g/mol. The van der Waals surface area contributed by atoms with Crippen LogP contribution >= 0.6 is 0 Å². The molecule has 0 unspecified atom stereocenters. The van der Waals surface area contributed by atoms with Gasteiger partial charge < -0.3 is 4.74 Å². The molecule has 0 N–H and O–H groups in total. The number of ether oxygens (including phenoxy) is 1. The molecule has 11 heavy (non-hydrogen) atoms. The van der Waals surface area contributed by atoms with Crippen LogP contribution in [0.5, 0.6) is 0 Å². The van der Waals surface area contributed by atoms with Gasteiger partial charge in [0.05, 0.1) is 5.92 Å². The SMILES string of the molecule is C[C@@H]1OC(=O)[C@@H]2CCC=C[C@H]12. The maximum Gasteiger partial charge on any atom is 0.309 e. The highest BCUT2D eigenvalue weighted by molar-refractivity contribution is 5.75. The van der Waals surface area contributed by atoms with Crippen molar-refractivity contribution in [1.82, 2.24) is 0 Å². The monoisotopic (exact) mass is 152 g/mol. The van der Waals surface area contributed by atoms with Crippen LogP contribution in [0.1, 0.15) is 19.8 Å². The molecular formula is C9H12O2. The molecule has 3 atom stereocenters. The third kappa shape index (κ3) is 0.971. The zero-order chi connectivity index (χ0) is 7.84. The molecule has 0 amide bonds. The number of carbonyl (C=O) groups is 1. The summed E-state index contributed by atoms with van der Waals surface area (Å²) >= 11 is 0. The number of hydrogen-bond donors (Lipinski definition) is 0. The average Bonchev–Trinajstić information content (AvgIpc) is 2.30. The van der Waals surface area contributed by atoms with Crippen LogP contribution in [0, 0.1) is 11.8 Å². The fourth-order valence-electron chi connectivity index (χ4n) is 1.96. The van der Waals surface area contributed by atoms with E-state index in [2.05, 4.69) is 12.2 Å². The lowest BCUT2D eigenvalue weighted by atomic mass is 9.83. The number of esters is 1. The zero-order valence-electron chi connectivity index (χ0n) is 6.62. The van der Waals surface area contributed by atoms with Gasteiger partial charge >= 0.3 is 5.97 Å². The Labute approximate surface area is 66.2 Å². The minimum atomic E-state index is 0.00634. The van der Waals surface area contributed by atoms with Crippen molar-refractivity contribution in [1.29, 1.82) is 0 Å². The summed E-state index contributed by atoms with van der Waals surface area (Å²) in [7, 11) is 0. The molecule has 1 aliphatic carbocycles. The molecule has 0 aromatic heterocycles. The Morgan fingerprint density at radius 1 is 1.64 bits per heavy atom. The molecule has 2 aliphatic rings. The molecule has 0 bridgehead atoms. The van der Waals surface area contributed by atoms with Gasteiger partial charge in [0.25, 0.3) is 0 Å². The van der Waals surface area contributed by atoms with Crippen molar-refractivity contribution < 1.29 is 9.53 Å². The van der Waals surface area contributed by atoms with Crippen molar-refractivity contribution in [3.05, 3.63) is 12.2 Å². The Hall–Kier alpha value is -0.790. The molecule has 0 saturated carbocycles. The van der Waals surface area contributed by atoms with Gasteiger partial charge in [0.1, 0.15) is 6.10 Å². The summed E-state index contributed by atoms with van der Waals surface area (Å²) < 4.78 is 5.12. The van der Waals surface area contributed by atoms with Crippen LogP contribution in [0.4, 0.5) is 0 Å². The normalized spacial score (nSPS) is 41.9. The van der Waals surface area contributed by atoms with Crippen molar-refractivity contribution in [2.75, 3.05) is 0 Å². The minimum Gasteiger partial charge on any atom is -0.462 e. The highest BCUT2D eigenvalue weighted by Crippen LogP contribution is 2.35. The molecule has 1 aliphatic heterocycles. The molecule has 0 aromatic carbocycles. The second-order valence-corrected chi connectivity index (χ2v) is 3.33. The van der Waals surface area contributed by atoms with Crippen LogP contribution < -0.4 is 0 Å². The Balaban J connectivity index is 2.24. The second kappa shape index (κ2) is 2.36. The van der Waals surface area contributed by atoms with Crippen molar-refractivity contribution in [2.45, 2.75) is 25.9 Å². The fraction of sp³-hybridized carbons (Fsp3) is 0.667. The summed E-state index contributed by atoms with van der Waals surface area (Å²) in [5, 5.41) is 0. The topological polar surface area (TPSA) is 26.3 Å². The van der Waals surface area contributed by atoms with E-state index >= 15 is 0 Å². The number of hydrogen-bond acceptors (Lipinski definition) is 2. The van der Waals surface area contributed by atoms with Gasteiger partial charge in [-0.05, 0) is 19.8 Å². The first kappa shape index (κ1) is 6.89. The summed E-state index contributed by atoms with van der Waals surface area (Å²) in [4.78, 5) is 11.2. The quantitative estimate of drug-likeness (QED) is 0.388. The van der Waals surface area contributed by atoms with Gasteiger partial charge in [-0.25, -0.2) is 0 Å². The van der Waals surface area contributed by atoms with E-state index in [1.54, 1.807) is 0 Å². The number of carbonyl (C=O) groups excluding carboxylic acids is 1. The third-order valence-corrected chi connectivity index (χ3v) is 2.61. The second-order valence-electron chi connectivity index (χ2n) is 3.33. The summed E-state index contributed by atoms with van der Waals surface area (Å²) in [6.07, 6.45) is 6.39. The predicted molar refractivity (Wildman–Crippen MR) is 40.9 cm³/mol. The van der Waals surface area contributed by atoms with Crippen LogP contribution in [0.25, 0.3) is 0 Å². The fourth-order valence-corrected chi connectivity index (χ4v) is 1.96. The molecule has 2 rings (SSSR count).